The van der Waals surface area contributed by atoms with Gasteiger partial charge in [-0.3, -0.25) is 4.79 Å². The smallest absolute Gasteiger partial charge is 0.303 e. The third kappa shape index (κ3) is 3.37. The summed E-state index contributed by atoms with van der Waals surface area (Å²) >= 11 is 0. The van der Waals surface area contributed by atoms with E-state index >= 15 is 0 Å². The van der Waals surface area contributed by atoms with Crippen LogP contribution in [0.4, 0.5) is 0 Å². The summed E-state index contributed by atoms with van der Waals surface area (Å²) in [6.07, 6.45) is 0.804. The molecule has 1 saturated heterocycles. The first kappa shape index (κ1) is 16.2. The largest absolute Gasteiger partial charge is 0.456 e. The quantitative estimate of drug-likeness (QED) is 0.615. The standard InChI is InChI=1S/C15H26O4/c1-7-15(17)13(10(4)5)19-12(8-9(2)3)14(15)18-11(6)16/h7,9-10,12-14,17H,1,8H2,2-6H3/t12-,13+,14-,15+/m1/s1. The number of rotatable bonds is 5. The van der Waals surface area contributed by atoms with Crippen LogP contribution in [0.2, 0.25) is 0 Å². The normalized spacial score (nSPS) is 34.8. The Balaban J connectivity index is 3.06. The number of carbonyl (C=O) groups is 1. The van der Waals surface area contributed by atoms with Crippen molar-refractivity contribution in [3.63, 3.8) is 0 Å². The summed E-state index contributed by atoms with van der Waals surface area (Å²) < 4.78 is 11.3. The summed E-state index contributed by atoms with van der Waals surface area (Å²) in [4.78, 5) is 11.3. The molecule has 4 nitrogen and oxygen atoms in total. The lowest BCUT2D eigenvalue weighted by Gasteiger charge is -2.32. The van der Waals surface area contributed by atoms with Crippen LogP contribution in [-0.4, -0.2) is 35.0 Å². The van der Waals surface area contributed by atoms with Gasteiger partial charge in [-0.15, -0.1) is 0 Å². The molecular formula is C15H26O4. The van der Waals surface area contributed by atoms with Crippen LogP contribution < -0.4 is 0 Å². The van der Waals surface area contributed by atoms with Gasteiger partial charge in [0.25, 0.3) is 0 Å². The van der Waals surface area contributed by atoms with E-state index in [4.69, 9.17) is 9.47 Å². The minimum atomic E-state index is -1.32. The molecule has 1 rings (SSSR count). The average Bonchev–Trinajstić information content (AvgIpc) is 2.53. The van der Waals surface area contributed by atoms with E-state index in [-0.39, 0.29) is 12.0 Å². The van der Waals surface area contributed by atoms with Gasteiger partial charge in [0.2, 0.25) is 0 Å². The second-order valence-electron chi connectivity index (χ2n) is 6.09. The van der Waals surface area contributed by atoms with Crippen LogP contribution >= 0.6 is 0 Å². The van der Waals surface area contributed by atoms with Crippen molar-refractivity contribution < 1.29 is 19.4 Å². The SMILES string of the molecule is C=C[C@@]1(O)[C@H](OC(C)=O)[C@@H](CC(C)C)O[C@H]1C(C)C. The van der Waals surface area contributed by atoms with Gasteiger partial charge < -0.3 is 14.6 Å². The van der Waals surface area contributed by atoms with Crippen LogP contribution in [0.1, 0.15) is 41.0 Å². The van der Waals surface area contributed by atoms with Crippen molar-refractivity contribution in [3.05, 3.63) is 12.7 Å². The maximum absolute atomic E-state index is 11.3. The van der Waals surface area contributed by atoms with E-state index in [1.165, 1.54) is 13.0 Å². The lowest BCUT2D eigenvalue weighted by atomic mass is 9.84. The Morgan fingerprint density at radius 3 is 2.42 bits per heavy atom. The summed E-state index contributed by atoms with van der Waals surface area (Å²) in [7, 11) is 0. The molecule has 0 aliphatic carbocycles. The molecule has 1 aliphatic rings. The lowest BCUT2D eigenvalue weighted by Crippen LogP contribution is -2.50. The van der Waals surface area contributed by atoms with E-state index in [2.05, 4.69) is 20.4 Å². The zero-order valence-electron chi connectivity index (χ0n) is 12.6. The Kier molecular flexibility index (Phi) is 5.16. The molecule has 0 saturated carbocycles. The minimum absolute atomic E-state index is 0.109. The summed E-state index contributed by atoms with van der Waals surface area (Å²) in [6.45, 7) is 13.1. The van der Waals surface area contributed by atoms with Crippen LogP contribution in [-0.2, 0) is 14.3 Å². The van der Waals surface area contributed by atoms with Crippen LogP contribution in [0.3, 0.4) is 0 Å². The zero-order chi connectivity index (χ0) is 14.8. The van der Waals surface area contributed by atoms with Crippen LogP contribution in [0.5, 0.6) is 0 Å². The van der Waals surface area contributed by atoms with Gasteiger partial charge in [-0.2, -0.15) is 0 Å². The molecule has 0 bridgehead atoms. The molecule has 1 heterocycles. The molecule has 4 atom stereocenters. The van der Waals surface area contributed by atoms with Crippen molar-refractivity contribution in [2.24, 2.45) is 11.8 Å². The second-order valence-corrected chi connectivity index (χ2v) is 6.09. The van der Waals surface area contributed by atoms with Crippen molar-refractivity contribution in [3.8, 4) is 0 Å². The molecule has 0 unspecified atom stereocenters. The van der Waals surface area contributed by atoms with E-state index in [1.807, 2.05) is 13.8 Å². The van der Waals surface area contributed by atoms with Gasteiger partial charge in [-0.1, -0.05) is 40.3 Å². The van der Waals surface area contributed by atoms with E-state index in [0.717, 1.165) is 6.42 Å². The third-order valence-corrected chi connectivity index (χ3v) is 3.50. The number of aliphatic hydroxyl groups is 1. The molecule has 0 aromatic carbocycles. The summed E-state index contributed by atoms with van der Waals surface area (Å²) in [5.74, 6) is 0.0910. The number of hydrogen-bond acceptors (Lipinski definition) is 4. The molecule has 0 radical (unpaired) electrons. The molecule has 110 valence electrons. The molecule has 0 aromatic rings. The van der Waals surface area contributed by atoms with Crippen molar-refractivity contribution in [1.29, 1.82) is 0 Å². The molecule has 0 aromatic heterocycles. The first-order chi connectivity index (χ1) is 8.72. The maximum Gasteiger partial charge on any atom is 0.303 e. The van der Waals surface area contributed by atoms with E-state index in [0.29, 0.717) is 5.92 Å². The van der Waals surface area contributed by atoms with Gasteiger partial charge in [0.1, 0.15) is 5.60 Å². The number of ether oxygens (including phenoxy) is 2. The van der Waals surface area contributed by atoms with Gasteiger partial charge in [0, 0.05) is 6.92 Å². The number of hydrogen-bond donors (Lipinski definition) is 1. The molecule has 4 heteroatoms. The molecular weight excluding hydrogens is 244 g/mol. The van der Waals surface area contributed by atoms with Crippen LogP contribution in [0, 0.1) is 11.8 Å². The van der Waals surface area contributed by atoms with Gasteiger partial charge in [-0.25, -0.2) is 0 Å². The first-order valence-corrected chi connectivity index (χ1v) is 6.91. The fraction of sp³-hybridized carbons (Fsp3) is 0.800. The number of carbonyl (C=O) groups excluding carboxylic acids is 1. The third-order valence-electron chi connectivity index (χ3n) is 3.50. The first-order valence-electron chi connectivity index (χ1n) is 6.91. The maximum atomic E-state index is 11.3. The topological polar surface area (TPSA) is 55.8 Å². The zero-order valence-corrected chi connectivity index (χ0v) is 12.6. The summed E-state index contributed by atoms with van der Waals surface area (Å²) in [5.41, 5.74) is -1.32. The predicted octanol–water partition coefficient (Wildman–Crippen LogP) is 2.30. The Morgan fingerprint density at radius 2 is 2.05 bits per heavy atom. The Hall–Kier alpha value is -0.870. The van der Waals surface area contributed by atoms with Gasteiger partial charge in [-0.05, 0) is 18.3 Å². The number of esters is 1. The highest BCUT2D eigenvalue weighted by Gasteiger charge is 2.56. The average molecular weight is 270 g/mol. The van der Waals surface area contributed by atoms with Crippen molar-refractivity contribution in [1.82, 2.24) is 0 Å². The van der Waals surface area contributed by atoms with E-state index in [1.54, 1.807) is 0 Å². The van der Waals surface area contributed by atoms with Gasteiger partial charge in [0.15, 0.2) is 6.10 Å². The van der Waals surface area contributed by atoms with Crippen LogP contribution in [0.25, 0.3) is 0 Å². The fourth-order valence-corrected chi connectivity index (χ4v) is 2.74. The highest BCUT2D eigenvalue weighted by atomic mass is 16.6. The second kappa shape index (κ2) is 6.06. The molecule has 0 spiro atoms. The summed E-state index contributed by atoms with van der Waals surface area (Å²) in [6, 6.07) is 0. The monoisotopic (exact) mass is 270 g/mol. The van der Waals surface area contributed by atoms with Crippen LogP contribution in [0.15, 0.2) is 12.7 Å². The Bertz CT molecular complexity index is 337. The molecule has 1 N–H and O–H groups in total. The van der Waals surface area contributed by atoms with Crippen molar-refractivity contribution in [2.75, 3.05) is 0 Å². The Morgan fingerprint density at radius 1 is 1.47 bits per heavy atom. The van der Waals surface area contributed by atoms with E-state index < -0.39 is 23.8 Å². The highest BCUT2D eigenvalue weighted by Crippen LogP contribution is 2.40. The van der Waals surface area contributed by atoms with Gasteiger partial charge in [0.05, 0.1) is 12.2 Å². The minimum Gasteiger partial charge on any atom is -0.456 e. The highest BCUT2D eigenvalue weighted by molar-refractivity contribution is 5.66. The molecule has 19 heavy (non-hydrogen) atoms. The Labute approximate surface area is 115 Å². The van der Waals surface area contributed by atoms with Gasteiger partial charge >= 0.3 is 5.97 Å². The lowest BCUT2D eigenvalue weighted by molar-refractivity contribution is -0.157. The molecule has 1 aliphatic heterocycles. The predicted molar refractivity (Wildman–Crippen MR) is 73.7 cm³/mol. The van der Waals surface area contributed by atoms with E-state index in [9.17, 15) is 9.90 Å². The van der Waals surface area contributed by atoms with Crippen molar-refractivity contribution in [2.45, 2.75) is 65.0 Å². The molecule has 0 amide bonds. The van der Waals surface area contributed by atoms with Crippen molar-refractivity contribution >= 4 is 5.97 Å². The fourth-order valence-electron chi connectivity index (χ4n) is 2.74. The molecule has 1 fully saturated rings. The summed E-state index contributed by atoms with van der Waals surface area (Å²) in [5, 5.41) is 10.8.